The van der Waals surface area contributed by atoms with Gasteiger partial charge in [-0.1, -0.05) is 12.2 Å². The smallest absolute Gasteiger partial charge is 0.251 e. The van der Waals surface area contributed by atoms with Crippen molar-refractivity contribution in [1.82, 2.24) is 5.32 Å². The monoisotopic (exact) mass is 207 g/mol. The fourth-order valence-electron chi connectivity index (χ4n) is 1.12. The first-order chi connectivity index (χ1) is 7.00. The lowest BCUT2D eigenvalue weighted by atomic mass is 10.1. The molecule has 1 rings (SSSR count). The van der Waals surface area contributed by atoms with Gasteiger partial charge in [0.1, 0.15) is 5.82 Å². The predicted molar refractivity (Wildman–Crippen MR) is 58.3 cm³/mol. The number of amides is 1. The van der Waals surface area contributed by atoms with Crippen LogP contribution in [0.4, 0.5) is 4.39 Å². The largest absolute Gasteiger partial charge is 0.348 e. The van der Waals surface area contributed by atoms with Crippen molar-refractivity contribution in [3.8, 4) is 0 Å². The van der Waals surface area contributed by atoms with Crippen molar-refractivity contribution in [2.75, 3.05) is 6.54 Å². The molecular weight excluding hydrogens is 193 g/mol. The topological polar surface area (TPSA) is 29.1 Å². The number of nitrogens with one attached hydrogen (secondary N) is 1. The minimum atomic E-state index is -0.300. The van der Waals surface area contributed by atoms with Gasteiger partial charge >= 0.3 is 0 Å². The number of halogens is 1. The third-order valence-electron chi connectivity index (χ3n) is 1.97. The number of carbonyl (C=O) groups excluding carboxylic acids is 1. The highest BCUT2D eigenvalue weighted by Crippen LogP contribution is 2.08. The maximum absolute atomic E-state index is 12.9. The highest BCUT2D eigenvalue weighted by atomic mass is 19.1. The summed E-state index contributed by atoms with van der Waals surface area (Å²) in [6.45, 7) is 7.58. The SMILES string of the molecule is C=C(C)CNC(=O)c1ccc(F)c(C)c1. The summed E-state index contributed by atoms with van der Waals surface area (Å²) in [4.78, 5) is 11.5. The van der Waals surface area contributed by atoms with Gasteiger partial charge in [-0.2, -0.15) is 0 Å². The van der Waals surface area contributed by atoms with E-state index >= 15 is 0 Å². The second-order valence-electron chi connectivity index (χ2n) is 3.60. The zero-order chi connectivity index (χ0) is 11.4. The fourth-order valence-corrected chi connectivity index (χ4v) is 1.12. The second kappa shape index (κ2) is 4.73. The summed E-state index contributed by atoms with van der Waals surface area (Å²) < 4.78 is 12.9. The summed E-state index contributed by atoms with van der Waals surface area (Å²) in [5, 5.41) is 2.68. The minimum absolute atomic E-state index is 0.207. The van der Waals surface area contributed by atoms with Crippen LogP contribution in [-0.4, -0.2) is 12.5 Å². The van der Waals surface area contributed by atoms with Gasteiger partial charge in [-0.3, -0.25) is 4.79 Å². The van der Waals surface area contributed by atoms with Crippen molar-refractivity contribution in [3.63, 3.8) is 0 Å². The molecule has 80 valence electrons. The molecule has 1 amide bonds. The molecule has 0 aliphatic rings. The van der Waals surface area contributed by atoms with Crippen molar-refractivity contribution in [2.24, 2.45) is 0 Å². The van der Waals surface area contributed by atoms with Crippen molar-refractivity contribution in [1.29, 1.82) is 0 Å². The summed E-state index contributed by atoms with van der Waals surface area (Å²) in [6, 6.07) is 4.30. The fraction of sp³-hybridized carbons (Fsp3) is 0.250. The van der Waals surface area contributed by atoms with Crippen molar-refractivity contribution < 1.29 is 9.18 Å². The quantitative estimate of drug-likeness (QED) is 0.758. The molecule has 0 atom stereocenters. The molecule has 1 aromatic rings. The molecule has 0 radical (unpaired) electrons. The van der Waals surface area contributed by atoms with E-state index in [0.717, 1.165) is 5.57 Å². The Hall–Kier alpha value is -1.64. The molecule has 0 spiro atoms. The van der Waals surface area contributed by atoms with Gasteiger partial charge in [-0.25, -0.2) is 4.39 Å². The highest BCUT2D eigenvalue weighted by molar-refractivity contribution is 5.94. The lowest BCUT2D eigenvalue weighted by Crippen LogP contribution is -2.24. The molecule has 0 unspecified atom stereocenters. The molecule has 15 heavy (non-hydrogen) atoms. The molecule has 0 aliphatic heterocycles. The summed E-state index contributed by atoms with van der Waals surface area (Å²) in [5.74, 6) is -0.507. The van der Waals surface area contributed by atoms with Crippen LogP contribution < -0.4 is 5.32 Å². The minimum Gasteiger partial charge on any atom is -0.348 e. The first kappa shape index (κ1) is 11.4. The first-order valence-electron chi connectivity index (χ1n) is 4.69. The standard InChI is InChI=1S/C12H14FNO/c1-8(2)7-14-12(15)10-4-5-11(13)9(3)6-10/h4-6H,1,7H2,2-3H3,(H,14,15). The van der Waals surface area contributed by atoms with Gasteiger partial charge in [-0.05, 0) is 37.6 Å². The maximum Gasteiger partial charge on any atom is 0.251 e. The average Bonchev–Trinajstić information content (AvgIpc) is 2.18. The number of aryl methyl sites for hydroxylation is 1. The van der Waals surface area contributed by atoms with Crippen molar-refractivity contribution in [3.05, 3.63) is 47.3 Å². The van der Waals surface area contributed by atoms with E-state index < -0.39 is 0 Å². The lowest BCUT2D eigenvalue weighted by molar-refractivity contribution is 0.0957. The molecule has 0 aromatic heterocycles. The highest BCUT2D eigenvalue weighted by Gasteiger charge is 2.06. The Kier molecular flexibility index (Phi) is 3.61. The molecule has 2 nitrogen and oxygen atoms in total. The number of hydrogen-bond acceptors (Lipinski definition) is 1. The molecular formula is C12H14FNO. The maximum atomic E-state index is 12.9. The molecule has 1 aromatic carbocycles. The van der Waals surface area contributed by atoms with Gasteiger partial charge in [0.15, 0.2) is 0 Å². The van der Waals surface area contributed by atoms with E-state index in [-0.39, 0.29) is 11.7 Å². The predicted octanol–water partition coefficient (Wildman–Crippen LogP) is 2.44. The molecule has 0 bridgehead atoms. The van der Waals surface area contributed by atoms with Crippen molar-refractivity contribution in [2.45, 2.75) is 13.8 Å². The van der Waals surface area contributed by atoms with Crippen molar-refractivity contribution >= 4 is 5.91 Å². The van der Waals surface area contributed by atoms with Crippen LogP contribution in [0.1, 0.15) is 22.8 Å². The van der Waals surface area contributed by atoms with Crippen LogP contribution in [0.3, 0.4) is 0 Å². The Morgan fingerprint density at radius 1 is 1.53 bits per heavy atom. The van der Waals surface area contributed by atoms with E-state index in [4.69, 9.17) is 0 Å². The summed E-state index contributed by atoms with van der Waals surface area (Å²) >= 11 is 0. The number of carbonyl (C=O) groups is 1. The van der Waals surface area contributed by atoms with Crippen LogP contribution in [0, 0.1) is 12.7 Å². The van der Waals surface area contributed by atoms with E-state index in [1.165, 1.54) is 18.2 Å². The van der Waals surface area contributed by atoms with Crippen LogP contribution in [-0.2, 0) is 0 Å². The van der Waals surface area contributed by atoms with Crippen LogP contribution in [0.5, 0.6) is 0 Å². The third kappa shape index (κ3) is 3.20. The zero-order valence-electron chi connectivity index (χ0n) is 8.93. The number of benzene rings is 1. The van der Waals surface area contributed by atoms with Gasteiger partial charge in [0.2, 0.25) is 0 Å². The Labute approximate surface area is 88.8 Å². The molecule has 3 heteroatoms. The Morgan fingerprint density at radius 2 is 2.20 bits per heavy atom. The van der Waals surface area contributed by atoms with Crippen LogP contribution in [0.15, 0.2) is 30.4 Å². The summed E-state index contributed by atoms with van der Waals surface area (Å²) in [5.41, 5.74) is 1.82. The first-order valence-corrected chi connectivity index (χ1v) is 4.69. The van der Waals surface area contributed by atoms with E-state index in [1.54, 1.807) is 6.92 Å². The lowest BCUT2D eigenvalue weighted by Gasteiger charge is -2.05. The second-order valence-corrected chi connectivity index (χ2v) is 3.60. The van der Waals surface area contributed by atoms with Gasteiger partial charge < -0.3 is 5.32 Å². The van der Waals surface area contributed by atoms with E-state index in [9.17, 15) is 9.18 Å². The van der Waals surface area contributed by atoms with Gasteiger partial charge in [0.05, 0.1) is 0 Å². The Bertz CT molecular complexity index is 399. The molecule has 0 fully saturated rings. The Morgan fingerprint density at radius 3 is 2.73 bits per heavy atom. The summed E-state index contributed by atoms with van der Waals surface area (Å²) in [6.07, 6.45) is 0. The summed E-state index contributed by atoms with van der Waals surface area (Å²) in [7, 11) is 0. The van der Waals surface area contributed by atoms with Crippen LogP contribution in [0.25, 0.3) is 0 Å². The molecule has 0 heterocycles. The van der Waals surface area contributed by atoms with Gasteiger partial charge in [0.25, 0.3) is 5.91 Å². The van der Waals surface area contributed by atoms with E-state index in [1.807, 2.05) is 6.92 Å². The zero-order valence-corrected chi connectivity index (χ0v) is 8.93. The molecule has 0 saturated carbocycles. The van der Waals surface area contributed by atoms with Crippen LogP contribution >= 0.6 is 0 Å². The van der Waals surface area contributed by atoms with Gasteiger partial charge in [-0.15, -0.1) is 0 Å². The van der Waals surface area contributed by atoms with E-state index in [2.05, 4.69) is 11.9 Å². The van der Waals surface area contributed by atoms with E-state index in [0.29, 0.717) is 17.7 Å². The van der Waals surface area contributed by atoms with Gasteiger partial charge in [0, 0.05) is 12.1 Å². The number of rotatable bonds is 3. The normalized spacial score (nSPS) is 9.80. The van der Waals surface area contributed by atoms with Crippen LogP contribution in [0.2, 0.25) is 0 Å². The molecule has 0 saturated heterocycles. The third-order valence-corrected chi connectivity index (χ3v) is 1.97. The molecule has 1 N–H and O–H groups in total. The Balaban J connectivity index is 2.74. The molecule has 0 aliphatic carbocycles. The number of hydrogen-bond donors (Lipinski definition) is 1. The average molecular weight is 207 g/mol.